The van der Waals surface area contributed by atoms with Gasteiger partial charge in [-0.15, -0.1) is 10.2 Å². The largest absolute Gasteiger partial charge is 0.294 e. The van der Waals surface area contributed by atoms with Crippen molar-refractivity contribution < 1.29 is 13.6 Å². The van der Waals surface area contributed by atoms with Crippen LogP contribution in [-0.2, 0) is 0 Å². The van der Waals surface area contributed by atoms with E-state index in [1.165, 1.54) is 0 Å². The van der Waals surface area contributed by atoms with E-state index in [-0.39, 0.29) is 22.2 Å². The maximum absolute atomic E-state index is 13.0. The predicted octanol–water partition coefficient (Wildman–Crippen LogP) is 5.16. The molecule has 2 fully saturated rings. The number of benzene rings is 1. The van der Waals surface area contributed by atoms with Gasteiger partial charge >= 0.3 is 0 Å². The summed E-state index contributed by atoms with van der Waals surface area (Å²) in [7, 11) is 0. The Morgan fingerprint density at radius 3 is 2.79 bits per heavy atom. The van der Waals surface area contributed by atoms with Crippen LogP contribution in [0.3, 0.4) is 0 Å². The molecule has 0 saturated heterocycles. The van der Waals surface area contributed by atoms with E-state index in [2.05, 4.69) is 21.8 Å². The molecule has 2 aromatic heterocycles. The zero-order chi connectivity index (χ0) is 19.5. The second-order valence-electron chi connectivity index (χ2n) is 7.72. The fraction of sp³-hybridized carbons (Fsp3) is 0.421. The van der Waals surface area contributed by atoms with Gasteiger partial charge in [0.15, 0.2) is 10.8 Å². The van der Waals surface area contributed by atoms with E-state index in [1.54, 1.807) is 22.7 Å². The molecule has 3 aromatic rings. The van der Waals surface area contributed by atoms with E-state index in [1.807, 2.05) is 18.2 Å². The van der Waals surface area contributed by atoms with E-state index < -0.39 is 6.43 Å². The lowest BCUT2D eigenvalue weighted by Crippen LogP contribution is -2.19. The van der Waals surface area contributed by atoms with Gasteiger partial charge in [0, 0.05) is 33.5 Å². The number of rotatable bonds is 7. The van der Waals surface area contributed by atoms with Gasteiger partial charge in [-0.1, -0.05) is 17.4 Å². The molecule has 0 atom stereocenters. The molecule has 0 aliphatic heterocycles. The molecule has 2 aliphatic carbocycles. The fourth-order valence-corrected chi connectivity index (χ4v) is 4.64. The molecular formula is C19H18F2N4OS2. The van der Waals surface area contributed by atoms with Crippen molar-refractivity contribution in [2.45, 2.75) is 49.5 Å². The molecule has 0 radical (unpaired) electrons. The minimum Gasteiger partial charge on any atom is -0.294 e. The number of Topliss-reactive ketones (excluding diaryl/α,β-unsaturated/α-hetero) is 1. The number of fused-ring (bicyclic) bond motifs is 1. The summed E-state index contributed by atoms with van der Waals surface area (Å²) >= 11 is 2.40. The van der Waals surface area contributed by atoms with Crippen molar-refractivity contribution in [3.8, 4) is 5.13 Å². The van der Waals surface area contributed by atoms with Crippen LogP contribution in [0.4, 0.5) is 8.78 Å². The van der Waals surface area contributed by atoms with Crippen LogP contribution in [0, 0.1) is 5.92 Å². The highest BCUT2D eigenvalue weighted by Crippen LogP contribution is 2.40. The zero-order valence-electron chi connectivity index (χ0n) is 15.1. The van der Waals surface area contributed by atoms with Crippen molar-refractivity contribution in [1.82, 2.24) is 19.5 Å². The van der Waals surface area contributed by atoms with Crippen LogP contribution in [0.15, 0.2) is 29.3 Å². The molecule has 2 heterocycles. The Morgan fingerprint density at radius 2 is 2.14 bits per heavy atom. The van der Waals surface area contributed by atoms with Crippen LogP contribution in [0.2, 0.25) is 0 Å². The van der Waals surface area contributed by atoms with Crippen LogP contribution < -0.4 is 4.72 Å². The van der Waals surface area contributed by atoms with Crippen LogP contribution in [0.5, 0.6) is 0 Å². The summed E-state index contributed by atoms with van der Waals surface area (Å²) in [5.41, 5.74) is 1.60. The summed E-state index contributed by atoms with van der Waals surface area (Å²) in [4.78, 5) is 13.7. The molecule has 0 spiro atoms. The van der Waals surface area contributed by atoms with Gasteiger partial charge in [0.1, 0.15) is 0 Å². The van der Waals surface area contributed by atoms with Crippen LogP contribution >= 0.6 is 23.3 Å². The van der Waals surface area contributed by atoms with Gasteiger partial charge in [0.2, 0.25) is 5.13 Å². The van der Waals surface area contributed by atoms with Crippen LogP contribution in [0.1, 0.15) is 54.4 Å². The number of nitrogens with zero attached hydrogens (tertiary/aromatic N) is 3. The summed E-state index contributed by atoms with van der Waals surface area (Å²) in [5.74, 6) is 0.196. The van der Waals surface area contributed by atoms with Gasteiger partial charge in [0.25, 0.3) is 6.43 Å². The molecule has 1 N–H and O–H groups in total. The SMILES string of the molecule is CC1(NSc2ccc3c(C(=O)C4CC4)cn(-c4nnc(C(F)F)s4)c3c2)CC1. The van der Waals surface area contributed by atoms with Gasteiger partial charge in [-0.25, -0.2) is 8.78 Å². The molecule has 2 aliphatic rings. The lowest BCUT2D eigenvalue weighted by Gasteiger charge is -2.10. The summed E-state index contributed by atoms with van der Waals surface area (Å²) < 4.78 is 31.1. The lowest BCUT2D eigenvalue weighted by molar-refractivity contribution is 0.0969. The minimum atomic E-state index is -2.66. The molecule has 28 heavy (non-hydrogen) atoms. The Kier molecular flexibility index (Phi) is 4.29. The predicted molar refractivity (Wildman–Crippen MR) is 105 cm³/mol. The number of aromatic nitrogens is 3. The van der Waals surface area contributed by atoms with E-state index in [9.17, 15) is 13.6 Å². The molecule has 0 unspecified atom stereocenters. The molecule has 5 nitrogen and oxygen atoms in total. The van der Waals surface area contributed by atoms with Crippen molar-refractivity contribution >= 4 is 40.0 Å². The Hall–Kier alpha value is -1.84. The lowest BCUT2D eigenvalue weighted by atomic mass is 10.1. The van der Waals surface area contributed by atoms with Crippen molar-refractivity contribution in [1.29, 1.82) is 0 Å². The Bertz CT molecular complexity index is 1070. The van der Waals surface area contributed by atoms with Gasteiger partial charge in [0.05, 0.1) is 5.52 Å². The maximum atomic E-state index is 13.0. The van der Waals surface area contributed by atoms with Gasteiger partial charge in [-0.2, -0.15) is 0 Å². The number of carbonyl (C=O) groups excluding carboxylic acids is 1. The highest BCUT2D eigenvalue weighted by atomic mass is 32.2. The zero-order valence-corrected chi connectivity index (χ0v) is 16.7. The highest BCUT2D eigenvalue weighted by molar-refractivity contribution is 7.97. The number of alkyl halides is 2. The minimum absolute atomic E-state index is 0.0793. The Labute approximate surface area is 168 Å². The van der Waals surface area contributed by atoms with Gasteiger partial charge in [-0.3, -0.25) is 14.1 Å². The molecule has 9 heteroatoms. The number of hydrogen-bond acceptors (Lipinski definition) is 6. The molecule has 0 amide bonds. The third kappa shape index (κ3) is 3.35. The first-order chi connectivity index (χ1) is 13.4. The number of nitrogens with one attached hydrogen (secondary N) is 1. The van der Waals surface area contributed by atoms with Gasteiger partial charge < -0.3 is 0 Å². The monoisotopic (exact) mass is 420 g/mol. The second kappa shape index (κ2) is 6.60. The summed E-state index contributed by atoms with van der Waals surface area (Å²) in [6.45, 7) is 2.18. The van der Waals surface area contributed by atoms with E-state index >= 15 is 0 Å². The molecule has 146 valence electrons. The highest BCUT2D eigenvalue weighted by Gasteiger charge is 2.37. The number of halogens is 2. The third-order valence-corrected chi connectivity index (χ3v) is 7.24. The smallest absolute Gasteiger partial charge is 0.291 e. The molecule has 0 bridgehead atoms. The van der Waals surface area contributed by atoms with Crippen molar-refractivity contribution in [3.63, 3.8) is 0 Å². The number of ketones is 1. The quantitative estimate of drug-likeness (QED) is 0.423. The molecule has 5 rings (SSSR count). The molecular weight excluding hydrogens is 402 g/mol. The van der Waals surface area contributed by atoms with Crippen molar-refractivity contribution in [3.05, 3.63) is 35.0 Å². The van der Waals surface area contributed by atoms with Crippen LogP contribution in [-0.4, -0.2) is 26.1 Å². The van der Waals surface area contributed by atoms with E-state index in [0.29, 0.717) is 10.7 Å². The van der Waals surface area contributed by atoms with Crippen molar-refractivity contribution in [2.24, 2.45) is 5.92 Å². The first-order valence-electron chi connectivity index (χ1n) is 9.19. The summed E-state index contributed by atoms with van der Waals surface area (Å²) in [5, 5.41) is 8.38. The first kappa shape index (κ1) is 18.2. The fourth-order valence-electron chi connectivity index (χ4n) is 3.07. The maximum Gasteiger partial charge on any atom is 0.291 e. The first-order valence-corrected chi connectivity index (χ1v) is 10.8. The Balaban J connectivity index is 1.57. The molecule has 2 saturated carbocycles. The summed E-state index contributed by atoms with van der Waals surface area (Å²) in [6.07, 6.45) is 3.20. The van der Waals surface area contributed by atoms with E-state index in [0.717, 1.165) is 52.8 Å². The third-order valence-electron chi connectivity index (χ3n) is 5.23. The van der Waals surface area contributed by atoms with Crippen molar-refractivity contribution in [2.75, 3.05) is 0 Å². The van der Waals surface area contributed by atoms with E-state index in [4.69, 9.17) is 0 Å². The number of hydrogen-bond donors (Lipinski definition) is 1. The topological polar surface area (TPSA) is 59.8 Å². The Morgan fingerprint density at radius 1 is 1.36 bits per heavy atom. The van der Waals surface area contributed by atoms with Crippen LogP contribution in [0.25, 0.3) is 16.0 Å². The summed E-state index contributed by atoms with van der Waals surface area (Å²) in [6, 6.07) is 5.91. The second-order valence-corrected chi connectivity index (χ2v) is 9.59. The average molecular weight is 421 g/mol. The average Bonchev–Trinajstić information content (AvgIpc) is 3.57. The van der Waals surface area contributed by atoms with Gasteiger partial charge in [-0.05, 0) is 56.7 Å². The number of carbonyl (C=O) groups is 1. The normalized spacial score (nSPS) is 18.1. The molecule has 1 aromatic carbocycles. The standard InChI is InChI=1S/C19H18F2N4OS2/c1-19(6-7-19)24-28-11-4-5-12-13(15(26)10-2-3-10)9-25(14(12)8-11)18-23-22-17(27-18)16(20)21/h4-5,8-10,16,24H,2-3,6-7H2,1H3.